The van der Waals surface area contributed by atoms with Gasteiger partial charge in [0.25, 0.3) is 0 Å². The highest BCUT2D eigenvalue weighted by Gasteiger charge is 2.51. The molecule has 138 valence electrons. The number of carbonyl (C=O) groups excluding carboxylic acids is 2. The number of hydrogen-bond acceptors (Lipinski definition) is 5. The molecule has 6 heteroatoms. The number of halogens is 1. The fourth-order valence-corrected chi connectivity index (χ4v) is 5.47. The first-order valence-electron chi connectivity index (χ1n) is 8.86. The van der Waals surface area contributed by atoms with Crippen molar-refractivity contribution >= 4 is 27.7 Å². The first kappa shape index (κ1) is 17.7. The third-order valence-corrected chi connectivity index (χ3v) is 6.69. The van der Waals surface area contributed by atoms with Gasteiger partial charge in [0, 0.05) is 30.5 Å². The first-order chi connectivity index (χ1) is 12.4. The maximum absolute atomic E-state index is 12.1. The van der Waals surface area contributed by atoms with Gasteiger partial charge < -0.3 is 9.47 Å². The van der Waals surface area contributed by atoms with Gasteiger partial charge in [-0.05, 0) is 49.6 Å². The number of methoxy groups -OCH3 is 1. The molecular weight excluding hydrogens is 398 g/mol. The highest BCUT2D eigenvalue weighted by Crippen LogP contribution is 2.59. The molecule has 3 unspecified atom stereocenters. The number of ketones is 1. The van der Waals surface area contributed by atoms with E-state index < -0.39 is 0 Å². The number of hydrogen-bond donors (Lipinski definition) is 0. The molecule has 1 spiro atoms. The molecular formula is C20H22BrNO4. The van der Waals surface area contributed by atoms with Crippen molar-refractivity contribution in [3.63, 3.8) is 0 Å². The number of esters is 1. The summed E-state index contributed by atoms with van der Waals surface area (Å²) in [4.78, 5) is 26.0. The van der Waals surface area contributed by atoms with Gasteiger partial charge in [-0.3, -0.25) is 14.5 Å². The lowest BCUT2D eigenvalue weighted by molar-refractivity contribution is -0.132. The normalized spacial score (nSPS) is 29.8. The third-order valence-electron chi connectivity index (χ3n) is 5.91. The number of nitrogens with zero attached hydrogens (tertiary/aromatic N) is 1. The SMILES string of the molecule is COc1cc2c3c(c1OC(C)=O)C1(C=CC(=O)C(Br)C1)CC3N(C)CC2. The van der Waals surface area contributed by atoms with Crippen molar-refractivity contribution in [2.75, 3.05) is 20.7 Å². The van der Waals surface area contributed by atoms with Crippen LogP contribution in [-0.2, 0) is 21.4 Å². The van der Waals surface area contributed by atoms with E-state index in [9.17, 15) is 9.59 Å². The number of likely N-dealkylation sites (N-methyl/N-ethyl adjacent to an activating group) is 1. The molecule has 0 saturated carbocycles. The van der Waals surface area contributed by atoms with Crippen LogP contribution in [0.3, 0.4) is 0 Å². The first-order valence-corrected chi connectivity index (χ1v) is 9.78. The zero-order valence-corrected chi connectivity index (χ0v) is 16.8. The second kappa shape index (κ2) is 6.20. The molecule has 1 aliphatic heterocycles. The average Bonchev–Trinajstić information content (AvgIpc) is 2.92. The number of ether oxygens (including phenoxy) is 2. The van der Waals surface area contributed by atoms with E-state index in [1.807, 2.05) is 12.1 Å². The van der Waals surface area contributed by atoms with E-state index in [1.165, 1.54) is 18.1 Å². The Hall–Kier alpha value is -1.66. The summed E-state index contributed by atoms with van der Waals surface area (Å²) >= 11 is 3.54. The van der Waals surface area contributed by atoms with Crippen molar-refractivity contribution in [1.29, 1.82) is 0 Å². The van der Waals surface area contributed by atoms with E-state index in [2.05, 4.69) is 27.9 Å². The van der Waals surface area contributed by atoms with Crippen LogP contribution in [0, 0.1) is 0 Å². The topological polar surface area (TPSA) is 55.8 Å². The third kappa shape index (κ3) is 2.54. The van der Waals surface area contributed by atoms with Gasteiger partial charge in [-0.1, -0.05) is 22.0 Å². The van der Waals surface area contributed by atoms with Crippen LogP contribution in [0.1, 0.15) is 42.5 Å². The molecule has 0 N–H and O–H groups in total. The number of benzene rings is 1. The van der Waals surface area contributed by atoms with Gasteiger partial charge >= 0.3 is 5.97 Å². The average molecular weight is 420 g/mol. The Morgan fingerprint density at radius 2 is 2.15 bits per heavy atom. The maximum Gasteiger partial charge on any atom is 0.308 e. The van der Waals surface area contributed by atoms with E-state index in [0.29, 0.717) is 17.9 Å². The van der Waals surface area contributed by atoms with E-state index >= 15 is 0 Å². The number of fused-ring (bicyclic) bond motifs is 1. The lowest BCUT2D eigenvalue weighted by atomic mass is 9.73. The zero-order chi connectivity index (χ0) is 18.6. The van der Waals surface area contributed by atoms with Gasteiger partial charge in [0.15, 0.2) is 17.3 Å². The summed E-state index contributed by atoms with van der Waals surface area (Å²) < 4.78 is 11.2. The lowest BCUT2D eigenvalue weighted by Crippen LogP contribution is -2.34. The van der Waals surface area contributed by atoms with Crippen molar-refractivity contribution in [3.8, 4) is 11.5 Å². The highest BCUT2D eigenvalue weighted by molar-refractivity contribution is 9.10. The van der Waals surface area contributed by atoms with E-state index in [0.717, 1.165) is 24.9 Å². The molecule has 5 nitrogen and oxygen atoms in total. The van der Waals surface area contributed by atoms with Crippen LogP contribution >= 0.6 is 15.9 Å². The van der Waals surface area contributed by atoms with Crippen molar-refractivity contribution < 1.29 is 19.1 Å². The number of allylic oxidation sites excluding steroid dienone is 2. The van der Waals surface area contributed by atoms with Crippen LogP contribution < -0.4 is 9.47 Å². The Kier molecular flexibility index (Phi) is 4.23. The second-order valence-electron chi connectivity index (χ2n) is 7.46. The molecule has 2 aliphatic carbocycles. The predicted octanol–water partition coefficient (Wildman–Crippen LogP) is 3.08. The lowest BCUT2D eigenvalue weighted by Gasteiger charge is -2.34. The molecule has 1 heterocycles. The second-order valence-corrected chi connectivity index (χ2v) is 8.57. The van der Waals surface area contributed by atoms with Gasteiger partial charge in [-0.2, -0.15) is 0 Å². The fraction of sp³-hybridized carbons (Fsp3) is 0.500. The van der Waals surface area contributed by atoms with Gasteiger partial charge in [0.1, 0.15) is 0 Å². The van der Waals surface area contributed by atoms with Crippen molar-refractivity contribution in [3.05, 3.63) is 34.9 Å². The Bertz CT molecular complexity index is 834. The smallest absolute Gasteiger partial charge is 0.308 e. The van der Waals surface area contributed by atoms with Gasteiger partial charge in [0.2, 0.25) is 0 Å². The summed E-state index contributed by atoms with van der Waals surface area (Å²) in [6, 6.07) is 2.27. The minimum atomic E-state index is -0.367. The number of alkyl halides is 1. The quantitative estimate of drug-likeness (QED) is 0.418. The Morgan fingerprint density at radius 3 is 2.81 bits per heavy atom. The highest BCUT2D eigenvalue weighted by atomic mass is 79.9. The molecule has 26 heavy (non-hydrogen) atoms. The van der Waals surface area contributed by atoms with E-state index in [-0.39, 0.29) is 28.0 Å². The van der Waals surface area contributed by atoms with Crippen LogP contribution in [-0.4, -0.2) is 42.2 Å². The molecule has 4 rings (SSSR count). The Labute approximate surface area is 161 Å². The fourth-order valence-electron chi connectivity index (χ4n) is 4.74. The molecule has 3 aliphatic rings. The molecule has 0 bridgehead atoms. The van der Waals surface area contributed by atoms with Crippen molar-refractivity contribution in [1.82, 2.24) is 4.90 Å². The molecule has 1 aromatic rings. The Balaban J connectivity index is 2.00. The monoisotopic (exact) mass is 419 g/mol. The van der Waals surface area contributed by atoms with E-state index in [4.69, 9.17) is 9.47 Å². The summed E-state index contributed by atoms with van der Waals surface area (Å²) in [6.45, 7) is 2.38. The Morgan fingerprint density at radius 1 is 1.38 bits per heavy atom. The summed E-state index contributed by atoms with van der Waals surface area (Å²) in [6.07, 6.45) is 6.15. The maximum atomic E-state index is 12.1. The molecule has 0 radical (unpaired) electrons. The van der Waals surface area contributed by atoms with Crippen LogP contribution in [0.4, 0.5) is 0 Å². The van der Waals surface area contributed by atoms with Gasteiger partial charge in [-0.15, -0.1) is 0 Å². The van der Waals surface area contributed by atoms with Crippen LogP contribution in [0.2, 0.25) is 0 Å². The summed E-state index contributed by atoms with van der Waals surface area (Å²) in [7, 11) is 3.73. The van der Waals surface area contributed by atoms with Crippen LogP contribution in [0.15, 0.2) is 18.2 Å². The standard InChI is InChI=1S/C20H22BrNO4/c1-11(23)26-19-16(25-3)8-12-5-7-22(2)14-10-20(18(19)17(12)14)6-4-15(24)13(21)9-20/h4,6,8,13-14H,5,7,9-10H2,1-3H3. The summed E-state index contributed by atoms with van der Waals surface area (Å²) in [5.41, 5.74) is 3.18. The summed E-state index contributed by atoms with van der Waals surface area (Å²) in [5, 5.41) is 0. The van der Waals surface area contributed by atoms with Gasteiger partial charge in [0.05, 0.1) is 11.9 Å². The van der Waals surface area contributed by atoms with Crippen molar-refractivity contribution in [2.24, 2.45) is 0 Å². The zero-order valence-electron chi connectivity index (χ0n) is 15.2. The molecule has 0 fully saturated rings. The number of rotatable bonds is 2. The number of carbonyl (C=O) groups is 2. The minimum Gasteiger partial charge on any atom is -0.493 e. The van der Waals surface area contributed by atoms with Crippen molar-refractivity contribution in [2.45, 2.75) is 42.5 Å². The molecule has 0 amide bonds. The molecule has 0 aromatic heterocycles. The molecule has 3 atom stereocenters. The largest absolute Gasteiger partial charge is 0.493 e. The summed E-state index contributed by atoms with van der Waals surface area (Å²) in [5.74, 6) is 0.819. The van der Waals surface area contributed by atoms with Gasteiger partial charge in [-0.25, -0.2) is 0 Å². The predicted molar refractivity (Wildman–Crippen MR) is 101 cm³/mol. The van der Waals surface area contributed by atoms with Crippen LogP contribution in [0.25, 0.3) is 0 Å². The minimum absolute atomic E-state index is 0.0843. The molecule has 0 saturated heterocycles. The van der Waals surface area contributed by atoms with Crippen LogP contribution in [0.5, 0.6) is 11.5 Å². The van der Waals surface area contributed by atoms with E-state index in [1.54, 1.807) is 13.2 Å². The molecule has 1 aromatic carbocycles.